The zero-order valence-corrected chi connectivity index (χ0v) is 41.9. The number of hydrogen-bond donors (Lipinski definition) is 2. The maximum absolute atomic E-state index is 13.4. The number of ketones is 2. The Morgan fingerprint density at radius 1 is 0.522 bits per heavy atom. The van der Waals surface area contributed by atoms with Crippen molar-refractivity contribution in [3.8, 4) is 54.3 Å². The average molecular weight is 985 g/mol. The lowest BCUT2D eigenvalue weighted by Gasteiger charge is -2.18. The van der Waals surface area contributed by atoms with E-state index in [1.807, 2.05) is 11.8 Å². The number of unbranched alkanes of at least 4 members (excludes halogenated alkanes) is 7. The second-order valence-corrected chi connectivity index (χ2v) is 17.9. The fraction of sp³-hybridized carbons (Fsp3) is 0.717. The number of urea groups is 1. The number of terminal acetylenes is 3. The number of hydrogen-bond acceptors (Lipinski definition) is 14. The highest BCUT2D eigenvalue weighted by atomic mass is 32.2. The predicted octanol–water partition coefficient (Wildman–Crippen LogP) is 7.39. The van der Waals surface area contributed by atoms with Crippen molar-refractivity contribution in [2.45, 2.75) is 126 Å². The Morgan fingerprint density at radius 2 is 0.957 bits per heavy atom. The Labute approximate surface area is 416 Å². The van der Waals surface area contributed by atoms with Crippen molar-refractivity contribution in [3.05, 3.63) is 17.7 Å². The molecule has 0 aromatic heterocycles. The van der Waals surface area contributed by atoms with Gasteiger partial charge >= 0.3 is 6.03 Å². The standard InChI is InChI=1S/C53H80N2O13S/c1-4-7-10-15-26-66-48-41-44(42-49(67-27-16-11-8-5-2)52(48)68-28-17-12-9-6-3)47(57)22-19-25-60-30-32-62-34-36-64-38-40-65-39-37-63-35-33-61-31-29-59-24-18-21-45(56)20-13-14-23-50-51-46(43-69-50)54-53(58)55-51/h1-3,41-42,46,50-51H,7-40,43H2,(H2,54,55,58). The van der Waals surface area contributed by atoms with E-state index in [9.17, 15) is 14.4 Å². The molecule has 2 saturated heterocycles. The molecule has 15 nitrogen and oxygen atoms in total. The van der Waals surface area contributed by atoms with Crippen LogP contribution in [-0.4, -0.2) is 153 Å². The number of carbonyl (C=O) groups excluding carboxylic acids is 3. The third-order valence-electron chi connectivity index (χ3n) is 11.1. The molecule has 0 bridgehead atoms. The first-order valence-corrected chi connectivity index (χ1v) is 26.2. The van der Waals surface area contributed by atoms with Gasteiger partial charge in [-0.2, -0.15) is 11.8 Å². The number of amides is 2. The number of rotatable bonds is 47. The first kappa shape index (κ1) is 59.3. The first-order valence-electron chi connectivity index (χ1n) is 25.1. The number of nitrogens with one attached hydrogen (secondary N) is 2. The van der Waals surface area contributed by atoms with E-state index in [-0.39, 0.29) is 29.7 Å². The van der Waals surface area contributed by atoms with Gasteiger partial charge in [0.2, 0.25) is 5.75 Å². The lowest BCUT2D eigenvalue weighted by atomic mass is 10.0. The van der Waals surface area contributed by atoms with Crippen LogP contribution in [-0.2, 0) is 38.0 Å². The summed E-state index contributed by atoms with van der Waals surface area (Å²) in [5.74, 6) is 10.6. The van der Waals surface area contributed by atoms with E-state index < -0.39 is 0 Å². The summed E-state index contributed by atoms with van der Waals surface area (Å²) in [6.07, 6.45) is 28.7. The molecule has 3 atom stereocenters. The van der Waals surface area contributed by atoms with Crippen LogP contribution in [0.3, 0.4) is 0 Å². The summed E-state index contributed by atoms with van der Waals surface area (Å²) in [4.78, 5) is 37.1. The molecular formula is C53H80N2O13S. The molecule has 0 radical (unpaired) electrons. The van der Waals surface area contributed by atoms with Gasteiger partial charge in [-0.05, 0) is 76.3 Å². The molecule has 3 unspecified atom stereocenters. The number of thioether (sulfide) groups is 1. The van der Waals surface area contributed by atoms with Crippen LogP contribution in [0, 0.1) is 37.0 Å². The third-order valence-corrected chi connectivity index (χ3v) is 12.6. The molecule has 2 amide bonds. The summed E-state index contributed by atoms with van der Waals surface area (Å²) in [5.41, 5.74) is 0.490. The molecule has 2 fully saturated rings. The van der Waals surface area contributed by atoms with E-state index in [0.29, 0.717) is 185 Å². The molecule has 0 aliphatic carbocycles. The summed E-state index contributed by atoms with van der Waals surface area (Å²) in [6, 6.07) is 3.90. The van der Waals surface area contributed by atoms with E-state index in [1.54, 1.807) is 12.1 Å². The summed E-state index contributed by atoms with van der Waals surface area (Å²) >= 11 is 1.91. The number of fused-ring (bicyclic) bond motifs is 1. The van der Waals surface area contributed by atoms with Crippen molar-refractivity contribution >= 4 is 29.4 Å². The molecule has 386 valence electrons. The largest absolute Gasteiger partial charge is 0.490 e. The van der Waals surface area contributed by atoms with Crippen molar-refractivity contribution < 1.29 is 61.8 Å². The van der Waals surface area contributed by atoms with Crippen LogP contribution in [0.1, 0.15) is 120 Å². The topological polar surface area (TPSA) is 168 Å². The minimum atomic E-state index is -0.0569. The second kappa shape index (κ2) is 40.7. The van der Waals surface area contributed by atoms with Crippen molar-refractivity contribution in [1.29, 1.82) is 0 Å². The van der Waals surface area contributed by atoms with Crippen LogP contribution in [0.4, 0.5) is 4.79 Å². The summed E-state index contributed by atoms with van der Waals surface area (Å²) in [6.45, 7) is 7.72. The maximum atomic E-state index is 13.4. The Hall–Kier alpha value is -4.02. The fourth-order valence-corrected chi connectivity index (χ4v) is 8.87. The van der Waals surface area contributed by atoms with Crippen LogP contribution in [0.5, 0.6) is 17.2 Å². The van der Waals surface area contributed by atoms with Crippen LogP contribution in [0.25, 0.3) is 0 Å². The first-order chi connectivity index (χ1) is 34.0. The van der Waals surface area contributed by atoms with Gasteiger partial charge in [0.1, 0.15) is 5.78 Å². The zero-order valence-electron chi connectivity index (χ0n) is 41.1. The SMILES string of the molecule is C#CCCCCOc1cc(C(=O)CCCOCCOCCOCCOCCOCCOCCOCCCC(=O)CCCCC2SCC3NC(=O)NC32)cc(OCCCCC#C)c1OCCCCC#C. The molecule has 1 aromatic rings. The summed E-state index contributed by atoms with van der Waals surface area (Å²) in [7, 11) is 0. The Bertz CT molecular complexity index is 1630. The summed E-state index contributed by atoms with van der Waals surface area (Å²) < 4.78 is 57.6. The highest BCUT2D eigenvalue weighted by Gasteiger charge is 2.42. The Morgan fingerprint density at radius 3 is 1.43 bits per heavy atom. The minimum absolute atomic E-state index is 0.0447. The van der Waals surface area contributed by atoms with Crippen LogP contribution in [0.2, 0.25) is 0 Å². The molecule has 3 rings (SSSR count). The number of benzene rings is 1. The normalized spacial score (nSPS) is 16.0. The molecule has 2 aliphatic heterocycles. The van der Waals surface area contributed by atoms with Crippen LogP contribution >= 0.6 is 11.8 Å². The average Bonchev–Trinajstić information content (AvgIpc) is 3.91. The van der Waals surface area contributed by atoms with Gasteiger partial charge in [0.15, 0.2) is 17.3 Å². The van der Waals surface area contributed by atoms with Crippen molar-refractivity contribution in [2.75, 3.05) is 118 Å². The van der Waals surface area contributed by atoms with Gasteiger partial charge in [0, 0.05) is 68.3 Å². The van der Waals surface area contributed by atoms with Gasteiger partial charge in [-0.3, -0.25) is 9.59 Å². The van der Waals surface area contributed by atoms with E-state index in [0.717, 1.165) is 70.0 Å². The molecule has 0 spiro atoms. The molecule has 2 heterocycles. The van der Waals surface area contributed by atoms with Crippen LogP contribution in [0.15, 0.2) is 12.1 Å². The predicted molar refractivity (Wildman–Crippen MR) is 268 cm³/mol. The number of Topliss-reactive ketones (excluding diaryl/α,β-unsaturated/α-hetero) is 2. The Kier molecular flexibility index (Phi) is 35.0. The van der Waals surface area contributed by atoms with Gasteiger partial charge in [-0.1, -0.05) is 6.42 Å². The lowest BCUT2D eigenvalue weighted by molar-refractivity contribution is -0.119. The summed E-state index contributed by atoms with van der Waals surface area (Å²) in [5, 5.41) is 6.43. The monoisotopic (exact) mass is 985 g/mol. The molecule has 1 aromatic carbocycles. The number of ether oxygens (including phenoxy) is 10. The van der Waals surface area contributed by atoms with Crippen molar-refractivity contribution in [2.24, 2.45) is 0 Å². The highest BCUT2D eigenvalue weighted by molar-refractivity contribution is 8.00. The van der Waals surface area contributed by atoms with Crippen LogP contribution < -0.4 is 24.8 Å². The van der Waals surface area contributed by atoms with E-state index in [2.05, 4.69) is 28.4 Å². The minimum Gasteiger partial charge on any atom is -0.490 e. The van der Waals surface area contributed by atoms with E-state index >= 15 is 0 Å². The third kappa shape index (κ3) is 28.4. The second-order valence-electron chi connectivity index (χ2n) is 16.7. The quantitative estimate of drug-likeness (QED) is 0.0287. The Balaban J connectivity index is 1.11. The van der Waals surface area contributed by atoms with Gasteiger partial charge in [-0.15, -0.1) is 37.0 Å². The molecule has 2 aliphatic rings. The molecule has 69 heavy (non-hydrogen) atoms. The molecule has 16 heteroatoms. The van der Waals surface area contributed by atoms with Gasteiger partial charge in [0.25, 0.3) is 0 Å². The van der Waals surface area contributed by atoms with E-state index in [4.69, 9.17) is 66.6 Å². The van der Waals surface area contributed by atoms with Gasteiger partial charge < -0.3 is 58.0 Å². The fourth-order valence-electron chi connectivity index (χ4n) is 7.33. The molecule has 2 N–H and O–H groups in total. The highest BCUT2D eigenvalue weighted by Crippen LogP contribution is 2.40. The lowest BCUT2D eigenvalue weighted by Crippen LogP contribution is -2.36. The van der Waals surface area contributed by atoms with Gasteiger partial charge in [0.05, 0.1) is 111 Å². The number of carbonyl (C=O) groups is 3. The smallest absolute Gasteiger partial charge is 0.315 e. The maximum Gasteiger partial charge on any atom is 0.315 e. The zero-order chi connectivity index (χ0) is 49.3. The van der Waals surface area contributed by atoms with Gasteiger partial charge in [-0.25, -0.2) is 4.79 Å². The van der Waals surface area contributed by atoms with E-state index in [1.165, 1.54) is 0 Å². The van der Waals surface area contributed by atoms with Crippen molar-refractivity contribution in [1.82, 2.24) is 10.6 Å². The molecule has 0 saturated carbocycles. The molecular weight excluding hydrogens is 905 g/mol. The van der Waals surface area contributed by atoms with Crippen molar-refractivity contribution in [3.63, 3.8) is 0 Å².